The minimum atomic E-state index is -0.157. The highest BCUT2D eigenvalue weighted by Gasteiger charge is 2.18. The first-order valence-corrected chi connectivity index (χ1v) is 6.82. The van der Waals surface area contributed by atoms with E-state index in [4.69, 9.17) is 0 Å². The van der Waals surface area contributed by atoms with Crippen molar-refractivity contribution in [3.63, 3.8) is 0 Å². The second kappa shape index (κ2) is 4.82. The number of fused-ring (bicyclic) bond motifs is 1. The van der Waals surface area contributed by atoms with Crippen molar-refractivity contribution in [2.24, 2.45) is 5.41 Å². The zero-order chi connectivity index (χ0) is 13.3. The fourth-order valence-electron chi connectivity index (χ4n) is 1.70. The molecule has 0 atom stereocenters. The summed E-state index contributed by atoms with van der Waals surface area (Å²) in [4.78, 5) is 10.9. The summed E-state index contributed by atoms with van der Waals surface area (Å²) in [6, 6.07) is 0. The van der Waals surface area contributed by atoms with Gasteiger partial charge in [0.05, 0.1) is 5.39 Å². The van der Waals surface area contributed by atoms with Crippen molar-refractivity contribution >= 4 is 27.4 Å². The normalized spacial score (nSPS) is 12.1. The minimum absolute atomic E-state index is 0.149. The maximum absolute atomic E-state index is 9.27. The summed E-state index contributed by atoms with van der Waals surface area (Å²) < 4.78 is 0. The molecule has 0 unspecified atom stereocenters. The number of nitrogens with zero attached hydrogens (tertiary/aromatic N) is 2. The van der Waals surface area contributed by atoms with Crippen LogP contribution in [0.2, 0.25) is 0 Å². The summed E-state index contributed by atoms with van der Waals surface area (Å²) in [6.45, 7) is 9.07. The standard InChI is InChI=1S/C13H19N3OS/c1-8-9(2)18-12-10(8)11(15-7-16-12)14-5-13(3,4)6-17/h7,17H,5-6H2,1-4H3,(H,14,15,16). The highest BCUT2D eigenvalue weighted by atomic mass is 32.1. The van der Waals surface area contributed by atoms with Gasteiger partial charge in [0.15, 0.2) is 0 Å². The molecular weight excluding hydrogens is 246 g/mol. The Morgan fingerprint density at radius 2 is 2.06 bits per heavy atom. The summed E-state index contributed by atoms with van der Waals surface area (Å²) in [5, 5.41) is 13.7. The van der Waals surface area contributed by atoms with E-state index < -0.39 is 0 Å². The van der Waals surface area contributed by atoms with E-state index in [0.29, 0.717) is 6.54 Å². The molecule has 2 aromatic heterocycles. The quantitative estimate of drug-likeness (QED) is 0.892. The van der Waals surface area contributed by atoms with Gasteiger partial charge in [-0.1, -0.05) is 13.8 Å². The Morgan fingerprint density at radius 3 is 2.72 bits per heavy atom. The second-order valence-electron chi connectivity index (χ2n) is 5.36. The summed E-state index contributed by atoms with van der Waals surface area (Å²) in [5.74, 6) is 0.864. The average molecular weight is 265 g/mol. The van der Waals surface area contributed by atoms with Crippen LogP contribution in [-0.4, -0.2) is 28.2 Å². The molecule has 0 fully saturated rings. The van der Waals surface area contributed by atoms with Gasteiger partial charge in [-0.3, -0.25) is 0 Å². The molecule has 0 aliphatic carbocycles. The van der Waals surface area contributed by atoms with E-state index in [-0.39, 0.29) is 12.0 Å². The SMILES string of the molecule is Cc1sc2ncnc(NCC(C)(C)CO)c2c1C. The van der Waals surface area contributed by atoms with E-state index >= 15 is 0 Å². The molecule has 18 heavy (non-hydrogen) atoms. The Morgan fingerprint density at radius 1 is 1.33 bits per heavy atom. The zero-order valence-electron chi connectivity index (χ0n) is 11.2. The van der Waals surface area contributed by atoms with E-state index in [1.165, 1.54) is 10.4 Å². The Hall–Kier alpha value is -1.20. The molecule has 0 radical (unpaired) electrons. The maximum atomic E-state index is 9.27. The van der Waals surface area contributed by atoms with Crippen molar-refractivity contribution in [2.75, 3.05) is 18.5 Å². The lowest BCUT2D eigenvalue weighted by Gasteiger charge is -2.22. The minimum Gasteiger partial charge on any atom is -0.396 e. The number of nitrogens with one attached hydrogen (secondary N) is 1. The van der Waals surface area contributed by atoms with Gasteiger partial charge in [-0.25, -0.2) is 9.97 Å². The topological polar surface area (TPSA) is 58.0 Å². The van der Waals surface area contributed by atoms with Crippen molar-refractivity contribution in [1.82, 2.24) is 9.97 Å². The van der Waals surface area contributed by atoms with Crippen LogP contribution in [-0.2, 0) is 0 Å². The molecule has 2 rings (SSSR count). The highest BCUT2D eigenvalue weighted by molar-refractivity contribution is 7.18. The van der Waals surface area contributed by atoms with Crippen molar-refractivity contribution < 1.29 is 5.11 Å². The van der Waals surface area contributed by atoms with Crippen LogP contribution in [0.3, 0.4) is 0 Å². The molecule has 0 spiro atoms. The second-order valence-corrected chi connectivity index (χ2v) is 6.56. The molecule has 4 nitrogen and oxygen atoms in total. The van der Waals surface area contributed by atoms with Gasteiger partial charge < -0.3 is 10.4 Å². The number of aryl methyl sites for hydroxylation is 2. The van der Waals surface area contributed by atoms with Crippen LogP contribution in [0.1, 0.15) is 24.3 Å². The predicted octanol–water partition coefficient (Wildman–Crippen LogP) is 2.74. The monoisotopic (exact) mass is 265 g/mol. The first-order valence-electron chi connectivity index (χ1n) is 6.00. The van der Waals surface area contributed by atoms with Crippen molar-refractivity contribution in [3.8, 4) is 0 Å². The van der Waals surface area contributed by atoms with Crippen LogP contribution in [0.15, 0.2) is 6.33 Å². The smallest absolute Gasteiger partial charge is 0.138 e. The zero-order valence-corrected chi connectivity index (χ0v) is 12.1. The summed E-state index contributed by atoms with van der Waals surface area (Å²) in [7, 11) is 0. The third-order valence-electron chi connectivity index (χ3n) is 3.13. The number of aromatic nitrogens is 2. The lowest BCUT2D eigenvalue weighted by molar-refractivity contribution is 0.171. The van der Waals surface area contributed by atoms with E-state index in [2.05, 4.69) is 29.1 Å². The number of aliphatic hydroxyl groups excluding tert-OH is 1. The summed E-state index contributed by atoms with van der Waals surface area (Å²) in [6.07, 6.45) is 1.59. The molecule has 0 bridgehead atoms. The molecule has 0 saturated heterocycles. The van der Waals surface area contributed by atoms with Gasteiger partial charge in [0.1, 0.15) is 17.0 Å². The number of anilines is 1. The lowest BCUT2D eigenvalue weighted by Crippen LogP contribution is -2.27. The summed E-state index contributed by atoms with van der Waals surface area (Å²) >= 11 is 1.69. The van der Waals surface area contributed by atoms with Gasteiger partial charge in [0.2, 0.25) is 0 Å². The van der Waals surface area contributed by atoms with E-state index in [9.17, 15) is 5.11 Å². The number of thiophene rings is 1. The van der Waals surface area contributed by atoms with E-state index in [1.807, 2.05) is 13.8 Å². The Kier molecular flexibility index (Phi) is 3.54. The lowest BCUT2D eigenvalue weighted by atomic mass is 9.95. The number of rotatable bonds is 4. The molecule has 0 aliphatic rings. The fourth-order valence-corrected chi connectivity index (χ4v) is 2.69. The molecule has 5 heteroatoms. The number of hydrogen-bond donors (Lipinski definition) is 2. The maximum Gasteiger partial charge on any atom is 0.138 e. The first-order chi connectivity index (χ1) is 8.44. The third-order valence-corrected chi connectivity index (χ3v) is 4.24. The van der Waals surface area contributed by atoms with Gasteiger partial charge in [-0.15, -0.1) is 11.3 Å². The van der Waals surface area contributed by atoms with Crippen LogP contribution >= 0.6 is 11.3 Å². The highest BCUT2D eigenvalue weighted by Crippen LogP contribution is 2.32. The van der Waals surface area contributed by atoms with Crippen molar-refractivity contribution in [3.05, 3.63) is 16.8 Å². The van der Waals surface area contributed by atoms with Gasteiger partial charge in [-0.05, 0) is 19.4 Å². The Balaban J connectivity index is 2.34. The molecule has 0 saturated carbocycles. The van der Waals surface area contributed by atoms with Crippen LogP contribution in [0.4, 0.5) is 5.82 Å². The van der Waals surface area contributed by atoms with Crippen molar-refractivity contribution in [2.45, 2.75) is 27.7 Å². The largest absolute Gasteiger partial charge is 0.396 e. The van der Waals surface area contributed by atoms with Crippen LogP contribution < -0.4 is 5.32 Å². The molecule has 2 aromatic rings. The fraction of sp³-hybridized carbons (Fsp3) is 0.538. The summed E-state index contributed by atoms with van der Waals surface area (Å²) in [5.41, 5.74) is 1.08. The molecule has 0 amide bonds. The van der Waals surface area contributed by atoms with Gasteiger partial charge >= 0.3 is 0 Å². The van der Waals surface area contributed by atoms with E-state index in [0.717, 1.165) is 16.0 Å². The predicted molar refractivity (Wildman–Crippen MR) is 76.2 cm³/mol. The van der Waals surface area contributed by atoms with Gasteiger partial charge in [0.25, 0.3) is 0 Å². The molecule has 2 N–H and O–H groups in total. The first kappa shape index (κ1) is 13.2. The average Bonchev–Trinajstić information content (AvgIpc) is 2.63. The van der Waals surface area contributed by atoms with Gasteiger partial charge in [-0.2, -0.15) is 0 Å². The number of aliphatic hydroxyl groups is 1. The molecule has 98 valence electrons. The Bertz CT molecular complexity index is 563. The third kappa shape index (κ3) is 2.47. The van der Waals surface area contributed by atoms with Crippen LogP contribution in [0.5, 0.6) is 0 Å². The number of hydrogen-bond acceptors (Lipinski definition) is 5. The molecule has 2 heterocycles. The molecule has 0 aromatic carbocycles. The molecular formula is C13H19N3OS. The van der Waals surface area contributed by atoms with Gasteiger partial charge in [0, 0.05) is 23.4 Å². The van der Waals surface area contributed by atoms with Crippen LogP contribution in [0, 0.1) is 19.3 Å². The molecule has 0 aliphatic heterocycles. The Labute approximate surface area is 111 Å². The van der Waals surface area contributed by atoms with E-state index in [1.54, 1.807) is 17.7 Å². The van der Waals surface area contributed by atoms with Crippen molar-refractivity contribution in [1.29, 1.82) is 0 Å². The van der Waals surface area contributed by atoms with Crippen LogP contribution in [0.25, 0.3) is 10.2 Å².